The summed E-state index contributed by atoms with van der Waals surface area (Å²) in [7, 11) is -1.24. The Bertz CT molecular complexity index is 1080. The number of thiazole rings is 1. The van der Waals surface area contributed by atoms with E-state index in [1.165, 1.54) is 27.8 Å². The Morgan fingerprint density at radius 3 is 2.54 bits per heavy atom. The fraction of sp³-hybridized carbons (Fsp3) is 0.391. The van der Waals surface area contributed by atoms with Gasteiger partial charge in [-0.25, -0.2) is 4.98 Å². The van der Waals surface area contributed by atoms with Crippen molar-refractivity contribution in [2.75, 3.05) is 5.32 Å². The maximum atomic E-state index is 12.6. The van der Waals surface area contributed by atoms with E-state index in [9.17, 15) is 4.79 Å². The molecule has 1 fully saturated rings. The number of carbonyl (C=O) groups is 1. The van der Waals surface area contributed by atoms with Gasteiger partial charge in [0.15, 0.2) is 5.13 Å². The van der Waals surface area contributed by atoms with Crippen LogP contribution in [0.2, 0.25) is 25.2 Å². The van der Waals surface area contributed by atoms with E-state index in [0.717, 1.165) is 21.8 Å². The first kappa shape index (κ1) is 19.3. The highest BCUT2D eigenvalue weighted by molar-refractivity contribution is 7.22. The molecule has 1 heterocycles. The lowest BCUT2D eigenvalue weighted by Crippen LogP contribution is -2.24. The molecule has 4 rings (SSSR count). The molecule has 1 aliphatic carbocycles. The number of aryl methyl sites for hydroxylation is 1. The molecule has 1 aromatic heterocycles. The van der Waals surface area contributed by atoms with Crippen LogP contribution in [0, 0.1) is 26.7 Å². The lowest BCUT2D eigenvalue weighted by molar-refractivity contribution is -0.117. The summed E-state index contributed by atoms with van der Waals surface area (Å²) >= 11 is 1.57. The van der Waals surface area contributed by atoms with Crippen LogP contribution in [0.25, 0.3) is 21.3 Å². The van der Waals surface area contributed by atoms with Gasteiger partial charge in [0.2, 0.25) is 5.91 Å². The largest absolute Gasteiger partial charge is 0.302 e. The van der Waals surface area contributed by atoms with E-state index in [1.807, 2.05) is 0 Å². The molecule has 0 saturated heterocycles. The van der Waals surface area contributed by atoms with Gasteiger partial charge in [0.1, 0.15) is 0 Å². The molecular formula is C23H28N2OSSi. The molecule has 0 bridgehead atoms. The van der Waals surface area contributed by atoms with Crippen molar-refractivity contribution >= 4 is 40.7 Å². The first-order valence-corrected chi connectivity index (χ1v) is 14.3. The van der Waals surface area contributed by atoms with Crippen LogP contribution in [0.5, 0.6) is 0 Å². The lowest BCUT2D eigenvalue weighted by Gasteiger charge is -2.14. The zero-order valence-electron chi connectivity index (χ0n) is 17.5. The fourth-order valence-electron chi connectivity index (χ4n) is 4.05. The molecule has 3 aromatic rings. The zero-order chi connectivity index (χ0) is 20.2. The maximum Gasteiger partial charge on any atom is 0.229 e. The van der Waals surface area contributed by atoms with Gasteiger partial charge >= 0.3 is 0 Å². The van der Waals surface area contributed by atoms with Gasteiger partial charge in [0, 0.05) is 14.0 Å². The van der Waals surface area contributed by atoms with Crippen molar-refractivity contribution in [3.8, 4) is 11.1 Å². The number of carbonyl (C=O) groups excluding carboxylic acids is 1. The van der Waals surface area contributed by atoms with Gasteiger partial charge in [-0.1, -0.05) is 49.2 Å². The van der Waals surface area contributed by atoms with E-state index in [1.54, 1.807) is 11.3 Å². The summed E-state index contributed by atoms with van der Waals surface area (Å²) in [6, 6.07) is 10.8. The number of anilines is 1. The molecule has 2 aromatic carbocycles. The topological polar surface area (TPSA) is 42.0 Å². The highest BCUT2D eigenvalue weighted by Crippen LogP contribution is 2.52. The van der Waals surface area contributed by atoms with Crippen LogP contribution in [0.15, 0.2) is 30.3 Å². The van der Waals surface area contributed by atoms with Crippen LogP contribution in [0.4, 0.5) is 5.13 Å². The van der Waals surface area contributed by atoms with Crippen LogP contribution in [-0.4, -0.2) is 19.0 Å². The number of rotatable bonds is 4. The van der Waals surface area contributed by atoms with Crippen LogP contribution >= 0.6 is 11.3 Å². The molecule has 3 nitrogen and oxygen atoms in total. The summed E-state index contributed by atoms with van der Waals surface area (Å²) in [6.07, 6.45) is 1.04. The second-order valence-electron chi connectivity index (χ2n) is 9.19. The van der Waals surface area contributed by atoms with Gasteiger partial charge in [-0.2, -0.15) is 0 Å². The Morgan fingerprint density at radius 1 is 1.11 bits per heavy atom. The van der Waals surface area contributed by atoms with E-state index in [2.05, 4.69) is 81.0 Å². The number of benzene rings is 2. The molecule has 0 spiro atoms. The molecule has 1 amide bonds. The summed E-state index contributed by atoms with van der Waals surface area (Å²) in [5, 5.41) is 3.79. The van der Waals surface area contributed by atoms with Gasteiger partial charge in [-0.05, 0) is 72.7 Å². The number of hydrogen-bond donors (Lipinski definition) is 1. The molecule has 1 aliphatic rings. The van der Waals surface area contributed by atoms with Crippen LogP contribution in [-0.2, 0) is 4.79 Å². The monoisotopic (exact) mass is 408 g/mol. The molecule has 146 valence electrons. The summed E-state index contributed by atoms with van der Waals surface area (Å²) in [5.74, 6) is 0.337. The minimum absolute atomic E-state index is 0.150. The molecule has 5 heteroatoms. The molecule has 2 unspecified atom stereocenters. The van der Waals surface area contributed by atoms with E-state index >= 15 is 0 Å². The minimum atomic E-state index is -1.24. The Labute approximate surface area is 172 Å². The molecule has 28 heavy (non-hydrogen) atoms. The van der Waals surface area contributed by atoms with Gasteiger partial charge in [-0.15, -0.1) is 0 Å². The minimum Gasteiger partial charge on any atom is -0.302 e. The van der Waals surface area contributed by atoms with Crippen molar-refractivity contribution in [3.63, 3.8) is 0 Å². The second kappa shape index (κ2) is 6.81. The zero-order valence-corrected chi connectivity index (χ0v) is 19.3. The van der Waals surface area contributed by atoms with Crippen LogP contribution < -0.4 is 5.32 Å². The first-order valence-electron chi connectivity index (χ1n) is 9.94. The number of aromatic nitrogens is 1. The number of nitrogens with zero attached hydrogens (tertiary/aromatic N) is 1. The number of amides is 1. The van der Waals surface area contributed by atoms with E-state index < -0.39 is 8.07 Å². The molecule has 1 saturated carbocycles. The molecule has 0 radical (unpaired) electrons. The number of hydrogen-bond acceptors (Lipinski definition) is 3. The molecule has 2 atom stereocenters. The van der Waals surface area contributed by atoms with Crippen LogP contribution in [0.3, 0.4) is 0 Å². The third-order valence-corrected chi connectivity index (χ3v) is 10.0. The average Bonchev–Trinajstić information content (AvgIpc) is 3.35. The highest BCUT2D eigenvalue weighted by Gasteiger charge is 2.50. The van der Waals surface area contributed by atoms with Gasteiger partial charge in [0.25, 0.3) is 0 Å². The molecular weight excluding hydrogens is 380 g/mol. The second-order valence-corrected chi connectivity index (χ2v) is 15.7. The fourth-order valence-corrected chi connectivity index (χ4v) is 7.28. The number of fused-ring (bicyclic) bond motifs is 1. The van der Waals surface area contributed by atoms with Crippen molar-refractivity contribution in [2.24, 2.45) is 5.92 Å². The van der Waals surface area contributed by atoms with Crippen molar-refractivity contribution in [2.45, 2.75) is 52.4 Å². The third-order valence-electron chi connectivity index (χ3n) is 6.23. The SMILES string of the molecule is Cc1ccc(-c2ccc3nc(NC(=O)C4CC4[Si](C)(C)C)sc3c2)c(C)c1C. The van der Waals surface area contributed by atoms with E-state index in [4.69, 9.17) is 0 Å². The number of nitrogens with one attached hydrogen (secondary N) is 1. The normalized spacial score (nSPS) is 19.1. The van der Waals surface area contributed by atoms with Gasteiger partial charge in [0.05, 0.1) is 10.2 Å². The Balaban J connectivity index is 1.58. The van der Waals surface area contributed by atoms with E-state index in [-0.39, 0.29) is 11.8 Å². The standard InChI is InChI=1S/C23H28N2OSSi/c1-13-7-9-17(15(3)14(13)2)16-8-10-19-20(11-16)27-23(24-19)25-22(26)18-12-21(18)28(4,5)6/h7-11,18,21H,12H2,1-6H3,(H,24,25,26). The van der Waals surface area contributed by atoms with Crippen LogP contribution in [0.1, 0.15) is 23.1 Å². The third kappa shape index (κ3) is 3.53. The smallest absolute Gasteiger partial charge is 0.229 e. The van der Waals surface area contributed by atoms with Gasteiger partial charge < -0.3 is 5.32 Å². The predicted octanol–water partition coefficient (Wildman–Crippen LogP) is 6.56. The summed E-state index contributed by atoms with van der Waals surface area (Å²) in [4.78, 5) is 17.2. The molecule has 1 N–H and O–H groups in total. The Morgan fingerprint density at radius 2 is 1.86 bits per heavy atom. The van der Waals surface area contributed by atoms with Crippen molar-refractivity contribution in [1.29, 1.82) is 0 Å². The quantitative estimate of drug-likeness (QED) is 0.497. The highest BCUT2D eigenvalue weighted by atomic mass is 32.1. The van der Waals surface area contributed by atoms with Crippen molar-refractivity contribution in [3.05, 3.63) is 47.0 Å². The Kier molecular flexibility index (Phi) is 4.71. The first-order chi connectivity index (χ1) is 13.1. The average molecular weight is 409 g/mol. The summed E-state index contributed by atoms with van der Waals surface area (Å²) in [6.45, 7) is 13.6. The summed E-state index contributed by atoms with van der Waals surface area (Å²) < 4.78 is 1.11. The lowest BCUT2D eigenvalue weighted by atomic mass is 9.94. The van der Waals surface area contributed by atoms with Crippen molar-refractivity contribution < 1.29 is 4.79 Å². The van der Waals surface area contributed by atoms with Crippen molar-refractivity contribution in [1.82, 2.24) is 4.98 Å². The maximum absolute atomic E-state index is 12.6. The molecule has 0 aliphatic heterocycles. The predicted molar refractivity (Wildman–Crippen MR) is 123 cm³/mol. The Hall–Kier alpha value is -1.98. The van der Waals surface area contributed by atoms with E-state index in [0.29, 0.717) is 5.54 Å². The van der Waals surface area contributed by atoms with Gasteiger partial charge in [-0.3, -0.25) is 4.79 Å². The summed E-state index contributed by atoms with van der Waals surface area (Å²) in [5.41, 5.74) is 8.02.